The number of benzene rings is 2. The lowest BCUT2D eigenvalue weighted by Gasteiger charge is -2.11. The first-order valence-corrected chi connectivity index (χ1v) is 14.5. The van der Waals surface area contributed by atoms with E-state index in [-0.39, 0.29) is 26.3 Å². The average molecular weight is 663 g/mol. The van der Waals surface area contributed by atoms with Crippen LogP contribution >= 0.6 is 0 Å². The molecule has 0 atom stereocenters. The molecule has 3 aromatic heterocycles. The predicted molar refractivity (Wildman–Crippen MR) is 189 cm³/mol. The molecule has 0 saturated carbocycles. The quantitative estimate of drug-likeness (QED) is 0.0866. The number of pyridine rings is 2. The monoisotopic (exact) mass is 662 g/mol. The van der Waals surface area contributed by atoms with Crippen molar-refractivity contribution < 1.29 is 28.9 Å². The Bertz CT molecular complexity index is 1840. The highest BCUT2D eigenvalue weighted by molar-refractivity contribution is 6.04. The van der Waals surface area contributed by atoms with Crippen molar-refractivity contribution in [2.45, 2.75) is 47.8 Å². The van der Waals surface area contributed by atoms with E-state index in [1.165, 1.54) is 32.4 Å². The number of fused-ring (bicyclic) bond motifs is 3. The summed E-state index contributed by atoms with van der Waals surface area (Å²) in [7, 11) is 2.97. The fraction of sp³-hybridized carbons (Fsp3) is 0.324. The molecule has 5 rings (SSSR count). The molecule has 8 N–H and O–H groups in total. The van der Waals surface area contributed by atoms with Crippen LogP contribution in [0.2, 0.25) is 0 Å². The molecule has 5 aromatic rings. The van der Waals surface area contributed by atoms with E-state index >= 15 is 0 Å². The summed E-state index contributed by atoms with van der Waals surface area (Å²) in [5.74, 6) is 0.858. The number of carboxylic acids is 1. The third-order valence-electron chi connectivity index (χ3n) is 7.05. The van der Waals surface area contributed by atoms with Crippen molar-refractivity contribution in [2.24, 2.45) is 0 Å². The van der Waals surface area contributed by atoms with Crippen LogP contribution in [0.3, 0.4) is 0 Å². The number of hydrogen-bond acceptors (Lipinski definition) is 11. The molecule has 0 bridgehead atoms. The van der Waals surface area contributed by atoms with Gasteiger partial charge in [-0.05, 0) is 68.3 Å². The second-order valence-corrected chi connectivity index (χ2v) is 10.1. The van der Waals surface area contributed by atoms with Crippen LogP contribution in [-0.2, 0) is 17.9 Å². The molecule has 14 nitrogen and oxygen atoms in total. The number of amides is 1. The third-order valence-corrected chi connectivity index (χ3v) is 7.05. The molecule has 3 heterocycles. The van der Waals surface area contributed by atoms with Crippen molar-refractivity contribution in [3.05, 3.63) is 71.7 Å². The summed E-state index contributed by atoms with van der Waals surface area (Å²) in [5, 5.41) is 11.5. The Hall–Kier alpha value is -5.63. The summed E-state index contributed by atoms with van der Waals surface area (Å²) >= 11 is 0. The van der Waals surface area contributed by atoms with Gasteiger partial charge in [0.25, 0.3) is 5.91 Å². The third kappa shape index (κ3) is 9.00. The van der Waals surface area contributed by atoms with E-state index in [0.29, 0.717) is 66.1 Å². The maximum absolute atomic E-state index is 12.5. The van der Waals surface area contributed by atoms with Gasteiger partial charge in [-0.1, -0.05) is 14.9 Å². The highest BCUT2D eigenvalue weighted by Gasteiger charge is 2.18. The number of aryl methyl sites for hydroxylation is 1. The molecule has 1 amide bonds. The van der Waals surface area contributed by atoms with Crippen molar-refractivity contribution in [1.82, 2.24) is 24.8 Å². The molecular weight excluding hydrogens is 616 g/mol. The maximum Gasteiger partial charge on any atom is 0.335 e. The number of imidazole rings is 1. The van der Waals surface area contributed by atoms with E-state index in [1.807, 2.05) is 19.1 Å². The smallest absolute Gasteiger partial charge is 0.335 e. The molecule has 2 aromatic carbocycles. The number of anilines is 3. The molecule has 258 valence electrons. The summed E-state index contributed by atoms with van der Waals surface area (Å²) in [4.78, 5) is 36.7. The number of nitrogens with zero attached hydrogens (tertiary/aromatic N) is 4. The summed E-state index contributed by atoms with van der Waals surface area (Å²) in [6.45, 7) is 4.10. The van der Waals surface area contributed by atoms with Crippen LogP contribution in [-0.4, -0.2) is 63.9 Å². The number of aromatic carboxylic acids is 1. The first-order chi connectivity index (χ1) is 22.2. The molecule has 0 aliphatic carbocycles. The van der Waals surface area contributed by atoms with Crippen LogP contribution in [0.1, 0.15) is 61.2 Å². The number of nitrogen functional groups attached to an aromatic ring is 3. The lowest BCUT2D eigenvalue weighted by Crippen LogP contribution is -2.24. The fourth-order valence-corrected chi connectivity index (χ4v) is 4.71. The predicted octanol–water partition coefficient (Wildman–Crippen LogP) is 5.15. The van der Waals surface area contributed by atoms with Gasteiger partial charge in [-0.25, -0.2) is 14.8 Å². The Kier molecular flexibility index (Phi) is 14.4. The first-order valence-electron chi connectivity index (χ1n) is 14.5. The van der Waals surface area contributed by atoms with Gasteiger partial charge in [0, 0.05) is 31.5 Å². The van der Waals surface area contributed by atoms with Gasteiger partial charge in [0.2, 0.25) is 0 Å². The van der Waals surface area contributed by atoms with E-state index < -0.39 is 5.97 Å². The SMILES string of the molecule is C.C.CCOCc1nc2c(N)nc3cccnc3c2n1CCCCNC(=O)c1ccc(N)c(OC)c1.COc1cc(C(=O)O)ccc1N. The number of ether oxygens (including phenoxy) is 3. The van der Waals surface area contributed by atoms with Gasteiger partial charge < -0.3 is 46.4 Å². The molecule has 0 aliphatic rings. The van der Waals surface area contributed by atoms with Gasteiger partial charge in [-0.2, -0.15) is 0 Å². The minimum Gasteiger partial charge on any atom is -0.495 e. The molecule has 0 saturated heterocycles. The van der Waals surface area contributed by atoms with E-state index in [2.05, 4.69) is 19.9 Å². The van der Waals surface area contributed by atoms with E-state index in [9.17, 15) is 9.59 Å². The maximum atomic E-state index is 12.5. The zero-order valence-electron chi connectivity index (χ0n) is 25.9. The van der Waals surface area contributed by atoms with E-state index in [1.54, 1.807) is 24.4 Å². The second kappa shape index (κ2) is 17.9. The molecule has 0 unspecified atom stereocenters. The van der Waals surface area contributed by atoms with Crippen LogP contribution in [0.15, 0.2) is 54.7 Å². The molecule has 0 fully saturated rings. The van der Waals surface area contributed by atoms with Gasteiger partial charge >= 0.3 is 5.97 Å². The zero-order valence-corrected chi connectivity index (χ0v) is 25.9. The van der Waals surface area contributed by atoms with Gasteiger partial charge in [0.1, 0.15) is 40.5 Å². The number of carbonyl (C=O) groups excluding carboxylic acids is 1. The minimum absolute atomic E-state index is 0. The number of carboxylic acid groups (broad SMARTS) is 1. The summed E-state index contributed by atoms with van der Waals surface area (Å²) in [5.41, 5.74) is 22.1. The topological polar surface area (TPSA) is 216 Å². The van der Waals surface area contributed by atoms with Crippen LogP contribution in [0.25, 0.3) is 22.1 Å². The summed E-state index contributed by atoms with van der Waals surface area (Å²) < 4.78 is 17.8. The lowest BCUT2D eigenvalue weighted by molar-refractivity contribution is 0.0696. The number of nitrogens with two attached hydrogens (primary N) is 3. The van der Waals surface area contributed by atoms with Gasteiger partial charge in [-0.15, -0.1) is 0 Å². The minimum atomic E-state index is -0.992. The van der Waals surface area contributed by atoms with Gasteiger partial charge in [0.15, 0.2) is 5.82 Å². The number of nitrogens with one attached hydrogen (secondary N) is 1. The van der Waals surface area contributed by atoms with E-state index in [0.717, 1.165) is 35.2 Å². The van der Waals surface area contributed by atoms with Crippen LogP contribution < -0.4 is 32.0 Å². The molecule has 0 aliphatic heterocycles. The highest BCUT2D eigenvalue weighted by atomic mass is 16.5. The number of methoxy groups -OCH3 is 2. The average Bonchev–Trinajstić information content (AvgIpc) is 3.43. The standard InChI is InChI=1S/C24H29N7O3.C8H9NO3.2CH4/c1-3-34-14-19-30-21-22(20-17(29-23(21)26)7-6-11-27-20)31(19)12-5-4-10-28-24(32)15-8-9-16(25)18(13-15)33-2;1-12-7-4-5(8(10)11)2-3-6(7)9;;/h6-9,11,13H,3-5,10,12,14,25H2,1-2H3,(H2,26,29)(H,28,32);2-4H,9H2,1H3,(H,10,11);2*1H4. The van der Waals surface area contributed by atoms with Gasteiger partial charge in [0.05, 0.1) is 36.7 Å². The number of aromatic nitrogens is 4. The highest BCUT2D eigenvalue weighted by Crippen LogP contribution is 2.28. The van der Waals surface area contributed by atoms with Crippen LogP contribution in [0.4, 0.5) is 17.2 Å². The zero-order chi connectivity index (χ0) is 33.2. The fourth-order valence-electron chi connectivity index (χ4n) is 4.71. The number of carbonyl (C=O) groups is 2. The van der Waals surface area contributed by atoms with Crippen molar-refractivity contribution in [3.63, 3.8) is 0 Å². The van der Waals surface area contributed by atoms with Crippen molar-refractivity contribution in [1.29, 1.82) is 0 Å². The van der Waals surface area contributed by atoms with E-state index in [4.69, 9.17) is 41.5 Å². The van der Waals surface area contributed by atoms with Crippen LogP contribution in [0, 0.1) is 0 Å². The molecular formula is C34H46N8O6. The van der Waals surface area contributed by atoms with Gasteiger partial charge in [-0.3, -0.25) is 9.78 Å². The number of hydrogen-bond donors (Lipinski definition) is 5. The lowest BCUT2D eigenvalue weighted by atomic mass is 10.1. The Balaban J connectivity index is 0.000000486. The van der Waals surface area contributed by atoms with Crippen molar-refractivity contribution in [2.75, 3.05) is 44.6 Å². The summed E-state index contributed by atoms with van der Waals surface area (Å²) in [6.07, 6.45) is 3.32. The number of unbranched alkanes of at least 4 members (excludes halogenated alkanes) is 1. The molecule has 14 heteroatoms. The second-order valence-electron chi connectivity index (χ2n) is 10.1. The molecule has 48 heavy (non-hydrogen) atoms. The summed E-state index contributed by atoms with van der Waals surface area (Å²) in [6, 6.07) is 13.0. The Morgan fingerprint density at radius 1 is 0.896 bits per heavy atom. The molecule has 0 spiro atoms. The Morgan fingerprint density at radius 3 is 2.17 bits per heavy atom. The van der Waals surface area contributed by atoms with Crippen molar-refractivity contribution >= 4 is 51.1 Å². The van der Waals surface area contributed by atoms with Crippen molar-refractivity contribution in [3.8, 4) is 11.5 Å². The largest absolute Gasteiger partial charge is 0.495 e. The first kappa shape index (κ1) is 38.6. The Morgan fingerprint density at radius 2 is 1.54 bits per heavy atom. The number of rotatable bonds is 12. The normalized spacial score (nSPS) is 10.3. The molecule has 0 radical (unpaired) electrons. The Labute approximate surface area is 280 Å². The van der Waals surface area contributed by atoms with Crippen LogP contribution in [0.5, 0.6) is 11.5 Å².